The third-order valence-corrected chi connectivity index (χ3v) is 6.94. The number of methoxy groups -OCH3 is 1. The first kappa shape index (κ1) is 20.0. The monoisotopic (exact) mass is 413 g/mol. The maximum atomic E-state index is 13.0. The average molecular weight is 414 g/mol. The standard InChI is InChI=1S/C22H27N3O3S/c1-28-20(26)13-19-21(27)25(22(29-19)24-16-7-3-2-4-8-16)12-11-15-14-23-18-10-6-5-9-17(15)18/h5-6,9-10,14,16,19,23H,2-4,7-8,11-13H2,1H3/t19-/m1/s1. The van der Waals surface area contributed by atoms with E-state index in [1.54, 1.807) is 4.90 Å². The fourth-order valence-electron chi connectivity index (χ4n) is 4.12. The van der Waals surface area contributed by atoms with Crippen LogP contribution in [-0.4, -0.2) is 51.9 Å². The maximum absolute atomic E-state index is 13.0. The number of benzene rings is 1. The Balaban J connectivity index is 1.52. The molecule has 1 saturated heterocycles. The second kappa shape index (κ2) is 9.03. The largest absolute Gasteiger partial charge is 0.469 e. The highest BCUT2D eigenvalue weighted by atomic mass is 32.2. The van der Waals surface area contributed by atoms with Crippen molar-refractivity contribution >= 4 is 39.7 Å². The fourth-order valence-corrected chi connectivity index (χ4v) is 5.34. The molecule has 0 radical (unpaired) electrons. The van der Waals surface area contributed by atoms with Crippen molar-refractivity contribution in [2.45, 2.75) is 56.2 Å². The molecule has 1 amide bonds. The molecule has 2 aromatic rings. The summed E-state index contributed by atoms with van der Waals surface area (Å²) in [4.78, 5) is 34.8. The van der Waals surface area contributed by atoms with Gasteiger partial charge in [-0.2, -0.15) is 0 Å². The Morgan fingerprint density at radius 2 is 2.07 bits per heavy atom. The van der Waals surface area contributed by atoms with Crippen molar-refractivity contribution in [3.05, 3.63) is 36.0 Å². The van der Waals surface area contributed by atoms with Gasteiger partial charge >= 0.3 is 5.97 Å². The van der Waals surface area contributed by atoms with Crippen LogP contribution < -0.4 is 0 Å². The number of nitrogens with zero attached hydrogens (tertiary/aromatic N) is 2. The van der Waals surface area contributed by atoms with Gasteiger partial charge in [-0.3, -0.25) is 19.5 Å². The van der Waals surface area contributed by atoms with E-state index in [1.807, 2.05) is 18.3 Å². The number of esters is 1. The molecule has 2 aliphatic rings. The van der Waals surface area contributed by atoms with Gasteiger partial charge < -0.3 is 9.72 Å². The van der Waals surface area contributed by atoms with Crippen LogP contribution in [0.2, 0.25) is 0 Å². The number of nitrogens with one attached hydrogen (secondary N) is 1. The molecule has 29 heavy (non-hydrogen) atoms. The normalized spacial score (nSPS) is 22.0. The molecule has 2 heterocycles. The lowest BCUT2D eigenvalue weighted by molar-refractivity contribution is -0.142. The molecule has 0 spiro atoms. The molecule has 1 N–H and O–H groups in total. The number of thioether (sulfide) groups is 1. The Kier molecular flexibility index (Phi) is 6.23. The summed E-state index contributed by atoms with van der Waals surface area (Å²) >= 11 is 1.42. The van der Waals surface area contributed by atoms with Gasteiger partial charge in [-0.05, 0) is 30.9 Å². The van der Waals surface area contributed by atoms with Gasteiger partial charge in [-0.25, -0.2) is 0 Å². The Hall–Kier alpha value is -2.28. The first-order chi connectivity index (χ1) is 14.2. The Labute approximate surface area is 175 Å². The van der Waals surface area contributed by atoms with Crippen molar-refractivity contribution in [1.29, 1.82) is 0 Å². The highest BCUT2D eigenvalue weighted by molar-refractivity contribution is 8.15. The predicted octanol–water partition coefficient (Wildman–Crippen LogP) is 3.91. The van der Waals surface area contributed by atoms with Crippen LogP contribution in [0.4, 0.5) is 0 Å². The number of ether oxygens (including phenoxy) is 1. The zero-order valence-corrected chi connectivity index (χ0v) is 17.5. The summed E-state index contributed by atoms with van der Waals surface area (Å²) in [6.07, 6.45) is 8.66. The number of H-pyrrole nitrogens is 1. The molecule has 6 nitrogen and oxygen atoms in total. The van der Waals surface area contributed by atoms with Crippen molar-refractivity contribution in [1.82, 2.24) is 9.88 Å². The van der Waals surface area contributed by atoms with E-state index in [0.717, 1.165) is 29.9 Å². The summed E-state index contributed by atoms with van der Waals surface area (Å²) in [5.74, 6) is -0.388. The number of amides is 1. The lowest BCUT2D eigenvalue weighted by Gasteiger charge is -2.21. The van der Waals surface area contributed by atoms with E-state index in [0.29, 0.717) is 6.54 Å². The van der Waals surface area contributed by atoms with Crippen molar-refractivity contribution in [3.8, 4) is 0 Å². The van der Waals surface area contributed by atoms with E-state index in [9.17, 15) is 9.59 Å². The van der Waals surface area contributed by atoms with Gasteiger partial charge in [0.25, 0.3) is 0 Å². The van der Waals surface area contributed by atoms with Crippen LogP contribution in [0.25, 0.3) is 10.9 Å². The lowest BCUT2D eigenvalue weighted by atomic mass is 9.96. The molecular weight excluding hydrogens is 386 g/mol. The number of hydrogen-bond donors (Lipinski definition) is 1. The minimum atomic E-state index is -0.437. The zero-order valence-electron chi connectivity index (χ0n) is 16.7. The SMILES string of the molecule is COC(=O)C[C@H]1SC(=NC2CCCCC2)N(CCc2c[nH]c3ccccc23)C1=O. The number of aliphatic imine (C=N–C) groups is 1. The number of rotatable bonds is 6. The van der Waals surface area contributed by atoms with Crippen molar-refractivity contribution in [2.75, 3.05) is 13.7 Å². The second-order valence-electron chi connectivity index (χ2n) is 7.69. The van der Waals surface area contributed by atoms with Gasteiger partial charge in [0.15, 0.2) is 5.17 Å². The molecule has 0 unspecified atom stereocenters. The Morgan fingerprint density at radius 1 is 1.28 bits per heavy atom. The van der Waals surface area contributed by atoms with Gasteiger partial charge in [0.2, 0.25) is 5.91 Å². The van der Waals surface area contributed by atoms with Crippen LogP contribution in [0.15, 0.2) is 35.5 Å². The van der Waals surface area contributed by atoms with E-state index in [1.165, 1.54) is 49.1 Å². The molecule has 1 aliphatic heterocycles. The van der Waals surface area contributed by atoms with Crippen molar-refractivity contribution in [3.63, 3.8) is 0 Å². The molecule has 7 heteroatoms. The Morgan fingerprint density at radius 3 is 2.86 bits per heavy atom. The van der Waals surface area contributed by atoms with Gasteiger partial charge in [0.1, 0.15) is 5.25 Å². The molecule has 1 aromatic heterocycles. The highest BCUT2D eigenvalue weighted by Gasteiger charge is 2.39. The maximum Gasteiger partial charge on any atom is 0.307 e. The fraction of sp³-hybridized carbons (Fsp3) is 0.500. The minimum Gasteiger partial charge on any atom is -0.469 e. The van der Waals surface area contributed by atoms with Gasteiger partial charge in [-0.15, -0.1) is 0 Å². The lowest BCUT2D eigenvalue weighted by Crippen LogP contribution is -2.35. The van der Waals surface area contributed by atoms with Gasteiger partial charge in [-0.1, -0.05) is 49.2 Å². The van der Waals surface area contributed by atoms with Crippen LogP contribution in [0.5, 0.6) is 0 Å². The zero-order chi connectivity index (χ0) is 20.2. The summed E-state index contributed by atoms with van der Waals surface area (Å²) in [5.41, 5.74) is 2.29. The first-order valence-corrected chi connectivity index (χ1v) is 11.2. The quantitative estimate of drug-likeness (QED) is 0.729. The highest BCUT2D eigenvalue weighted by Crippen LogP contribution is 2.32. The van der Waals surface area contributed by atoms with E-state index >= 15 is 0 Å². The number of carbonyl (C=O) groups excluding carboxylic acids is 2. The van der Waals surface area contributed by atoms with Crippen LogP contribution >= 0.6 is 11.8 Å². The minimum absolute atomic E-state index is 0.0326. The molecule has 1 atom stereocenters. The summed E-state index contributed by atoms with van der Waals surface area (Å²) < 4.78 is 4.78. The molecule has 0 bridgehead atoms. The third kappa shape index (κ3) is 4.50. The smallest absolute Gasteiger partial charge is 0.307 e. The Bertz CT molecular complexity index is 917. The second-order valence-corrected chi connectivity index (χ2v) is 8.86. The average Bonchev–Trinajstić information content (AvgIpc) is 3.28. The number of fused-ring (bicyclic) bond motifs is 1. The number of aromatic amines is 1. The summed E-state index contributed by atoms with van der Waals surface area (Å²) in [5, 5.41) is 1.52. The summed E-state index contributed by atoms with van der Waals surface area (Å²) in [7, 11) is 1.36. The van der Waals surface area contributed by atoms with E-state index in [-0.39, 0.29) is 24.3 Å². The van der Waals surface area contributed by atoms with Crippen molar-refractivity contribution < 1.29 is 14.3 Å². The van der Waals surface area contributed by atoms with Crippen LogP contribution in [0.1, 0.15) is 44.1 Å². The van der Waals surface area contributed by atoms with Gasteiger partial charge in [0, 0.05) is 23.6 Å². The predicted molar refractivity (Wildman–Crippen MR) is 116 cm³/mol. The molecule has 1 aromatic carbocycles. The van der Waals surface area contributed by atoms with Gasteiger partial charge in [0.05, 0.1) is 19.6 Å². The molecule has 1 aliphatic carbocycles. The number of para-hydroxylation sites is 1. The van der Waals surface area contributed by atoms with E-state index in [4.69, 9.17) is 9.73 Å². The summed E-state index contributed by atoms with van der Waals surface area (Å²) in [6, 6.07) is 8.47. The molecular formula is C22H27N3O3S. The van der Waals surface area contributed by atoms with Crippen LogP contribution in [0, 0.1) is 0 Å². The third-order valence-electron chi connectivity index (χ3n) is 5.75. The van der Waals surface area contributed by atoms with Crippen molar-refractivity contribution in [2.24, 2.45) is 4.99 Å². The number of carbonyl (C=O) groups is 2. The molecule has 1 saturated carbocycles. The molecule has 154 valence electrons. The number of aromatic nitrogens is 1. The van der Waals surface area contributed by atoms with E-state index in [2.05, 4.69) is 17.1 Å². The molecule has 4 rings (SSSR count). The topological polar surface area (TPSA) is 74.8 Å². The van der Waals surface area contributed by atoms with E-state index < -0.39 is 5.25 Å². The number of amidine groups is 1. The first-order valence-electron chi connectivity index (χ1n) is 10.3. The number of hydrogen-bond acceptors (Lipinski definition) is 5. The molecule has 2 fully saturated rings. The summed E-state index contributed by atoms with van der Waals surface area (Å²) in [6.45, 7) is 0.566. The van der Waals surface area contributed by atoms with Crippen LogP contribution in [0.3, 0.4) is 0 Å². The van der Waals surface area contributed by atoms with Crippen LogP contribution in [-0.2, 0) is 20.7 Å².